The third-order valence-electron chi connectivity index (χ3n) is 2.51. The average molecular weight is 261 g/mol. The topological polar surface area (TPSA) is 61.6 Å². The molecule has 100 valence electrons. The summed E-state index contributed by atoms with van der Waals surface area (Å²) in [6.07, 6.45) is 1.07. The molecule has 0 N–H and O–H groups in total. The van der Waals surface area contributed by atoms with Crippen LogP contribution in [-0.4, -0.2) is 17.6 Å². The summed E-state index contributed by atoms with van der Waals surface area (Å²) in [5.74, 6) is -0.520. The lowest BCUT2D eigenvalue weighted by Crippen LogP contribution is -2.06. The lowest BCUT2D eigenvalue weighted by Gasteiger charge is -2.10. The summed E-state index contributed by atoms with van der Waals surface area (Å²) in [5, 5.41) is 0. The smallest absolute Gasteiger partial charge is 0.394 e. The predicted octanol–water partition coefficient (Wildman–Crippen LogP) is 2.99. The van der Waals surface area contributed by atoms with Crippen molar-refractivity contribution in [3.05, 3.63) is 47.9 Å². The maximum absolute atomic E-state index is 11.4. The zero-order valence-corrected chi connectivity index (χ0v) is 10.8. The summed E-state index contributed by atoms with van der Waals surface area (Å²) < 4.78 is 15.4. The fourth-order valence-corrected chi connectivity index (χ4v) is 1.55. The van der Waals surface area contributed by atoms with Crippen LogP contribution in [0.5, 0.6) is 6.08 Å². The molecule has 0 amide bonds. The van der Waals surface area contributed by atoms with Gasteiger partial charge < -0.3 is 13.9 Å². The molecule has 0 bridgehead atoms. The molecule has 0 spiro atoms. The third kappa shape index (κ3) is 3.34. The molecule has 0 fully saturated rings. The van der Waals surface area contributed by atoms with Gasteiger partial charge in [-0.05, 0) is 19.4 Å². The predicted molar refractivity (Wildman–Crippen MR) is 67.9 cm³/mol. The van der Waals surface area contributed by atoms with Crippen LogP contribution in [0.15, 0.2) is 41.0 Å². The summed E-state index contributed by atoms with van der Waals surface area (Å²) in [6, 6.07) is 9.67. The second-order valence-corrected chi connectivity index (χ2v) is 3.89. The number of nitrogens with zero attached hydrogens (tertiary/aromatic N) is 1. The van der Waals surface area contributed by atoms with Crippen molar-refractivity contribution >= 4 is 5.97 Å². The number of ether oxygens (including phenoxy) is 2. The minimum absolute atomic E-state index is 0.0550. The molecule has 2 rings (SSSR count). The number of esters is 1. The van der Waals surface area contributed by atoms with E-state index in [0.717, 1.165) is 5.56 Å². The van der Waals surface area contributed by atoms with Gasteiger partial charge in [-0.1, -0.05) is 30.3 Å². The first-order chi connectivity index (χ1) is 9.20. The number of hydrogen-bond acceptors (Lipinski definition) is 5. The summed E-state index contributed by atoms with van der Waals surface area (Å²) >= 11 is 0. The molecule has 0 saturated carbocycles. The van der Waals surface area contributed by atoms with E-state index >= 15 is 0 Å². The first-order valence-electron chi connectivity index (χ1n) is 6.05. The second kappa shape index (κ2) is 6.04. The Balaban J connectivity index is 2.02. The van der Waals surface area contributed by atoms with E-state index in [1.165, 1.54) is 6.26 Å². The van der Waals surface area contributed by atoms with Crippen LogP contribution in [-0.2, 0) is 4.74 Å². The number of hydrogen-bond donors (Lipinski definition) is 0. The van der Waals surface area contributed by atoms with E-state index in [1.54, 1.807) is 6.92 Å². The molecule has 0 saturated heterocycles. The van der Waals surface area contributed by atoms with Gasteiger partial charge in [0.25, 0.3) is 0 Å². The van der Waals surface area contributed by atoms with Gasteiger partial charge in [-0.25, -0.2) is 4.79 Å². The van der Waals surface area contributed by atoms with Crippen molar-refractivity contribution in [1.82, 2.24) is 4.98 Å². The maximum atomic E-state index is 11.4. The fourth-order valence-electron chi connectivity index (χ4n) is 1.55. The standard InChI is InChI=1S/C14H15NO4/c1-3-17-13(16)12-9-18-14(15-12)19-10(2)11-7-5-4-6-8-11/h4-10H,3H2,1-2H3. The van der Waals surface area contributed by atoms with E-state index in [0.29, 0.717) is 6.61 Å². The SMILES string of the molecule is CCOC(=O)c1coc(OC(C)c2ccccc2)n1. The maximum Gasteiger partial charge on any atom is 0.394 e. The Labute approximate surface area is 111 Å². The van der Waals surface area contributed by atoms with Crippen LogP contribution in [0, 0.1) is 0 Å². The van der Waals surface area contributed by atoms with Gasteiger partial charge in [0.1, 0.15) is 12.4 Å². The van der Waals surface area contributed by atoms with Crippen LogP contribution < -0.4 is 4.74 Å². The lowest BCUT2D eigenvalue weighted by molar-refractivity contribution is 0.0519. The monoisotopic (exact) mass is 261 g/mol. The first kappa shape index (κ1) is 13.1. The molecule has 5 heteroatoms. The van der Waals surface area contributed by atoms with Crippen LogP contribution in [0.3, 0.4) is 0 Å². The molecule has 1 aromatic heterocycles. The van der Waals surface area contributed by atoms with Gasteiger partial charge in [-0.3, -0.25) is 0 Å². The zero-order chi connectivity index (χ0) is 13.7. The number of carbonyl (C=O) groups is 1. The number of aromatic nitrogens is 1. The van der Waals surface area contributed by atoms with Crippen LogP contribution in [0.2, 0.25) is 0 Å². The molecule has 0 aliphatic rings. The Kier molecular flexibility index (Phi) is 4.18. The Morgan fingerprint density at radius 3 is 2.79 bits per heavy atom. The van der Waals surface area contributed by atoms with Crippen molar-refractivity contribution in [1.29, 1.82) is 0 Å². The Bertz CT molecular complexity index is 535. The molecule has 1 aromatic carbocycles. The molecule has 5 nitrogen and oxygen atoms in total. The van der Waals surface area contributed by atoms with Gasteiger partial charge in [-0.2, -0.15) is 4.98 Å². The number of carbonyl (C=O) groups excluding carboxylic acids is 1. The highest BCUT2D eigenvalue weighted by Crippen LogP contribution is 2.21. The van der Waals surface area contributed by atoms with Gasteiger partial charge in [0.15, 0.2) is 5.69 Å². The Hall–Kier alpha value is -2.30. The number of benzene rings is 1. The molecule has 1 unspecified atom stereocenters. The molecule has 0 aliphatic carbocycles. The highest BCUT2D eigenvalue weighted by atomic mass is 16.6. The van der Waals surface area contributed by atoms with E-state index < -0.39 is 5.97 Å². The van der Waals surface area contributed by atoms with Crippen molar-refractivity contribution in [2.45, 2.75) is 20.0 Å². The largest absolute Gasteiger partial charge is 0.461 e. The molecule has 1 heterocycles. The minimum atomic E-state index is -0.520. The fraction of sp³-hybridized carbons (Fsp3) is 0.286. The van der Waals surface area contributed by atoms with Crippen LogP contribution in [0.1, 0.15) is 36.0 Å². The van der Waals surface area contributed by atoms with Crippen molar-refractivity contribution in [3.63, 3.8) is 0 Å². The molecular weight excluding hydrogens is 246 g/mol. The lowest BCUT2D eigenvalue weighted by atomic mass is 10.1. The molecule has 2 aromatic rings. The van der Waals surface area contributed by atoms with E-state index in [9.17, 15) is 4.79 Å². The molecule has 19 heavy (non-hydrogen) atoms. The zero-order valence-electron chi connectivity index (χ0n) is 10.8. The number of rotatable bonds is 5. The Morgan fingerprint density at radius 2 is 2.11 bits per heavy atom. The van der Waals surface area contributed by atoms with E-state index in [1.807, 2.05) is 37.3 Å². The van der Waals surface area contributed by atoms with Crippen LogP contribution in [0.25, 0.3) is 0 Å². The van der Waals surface area contributed by atoms with E-state index in [4.69, 9.17) is 13.9 Å². The van der Waals surface area contributed by atoms with Gasteiger partial charge >= 0.3 is 12.0 Å². The van der Waals surface area contributed by atoms with Gasteiger partial charge in [0, 0.05) is 0 Å². The summed E-state index contributed by atoms with van der Waals surface area (Å²) in [7, 11) is 0. The number of oxazole rings is 1. The summed E-state index contributed by atoms with van der Waals surface area (Å²) in [5.41, 5.74) is 1.11. The summed E-state index contributed by atoms with van der Waals surface area (Å²) in [4.78, 5) is 15.3. The molecule has 0 aliphatic heterocycles. The normalized spacial score (nSPS) is 11.9. The third-order valence-corrected chi connectivity index (χ3v) is 2.51. The van der Waals surface area contributed by atoms with Gasteiger partial charge in [0.05, 0.1) is 6.61 Å². The Morgan fingerprint density at radius 1 is 1.37 bits per heavy atom. The van der Waals surface area contributed by atoms with E-state index in [2.05, 4.69) is 4.98 Å². The van der Waals surface area contributed by atoms with Gasteiger partial charge in [-0.15, -0.1) is 0 Å². The minimum Gasteiger partial charge on any atom is -0.461 e. The first-order valence-corrected chi connectivity index (χ1v) is 6.05. The van der Waals surface area contributed by atoms with E-state index in [-0.39, 0.29) is 17.9 Å². The molecule has 0 radical (unpaired) electrons. The van der Waals surface area contributed by atoms with Gasteiger partial charge in [0.2, 0.25) is 0 Å². The molecule has 1 atom stereocenters. The average Bonchev–Trinajstić information content (AvgIpc) is 2.88. The second-order valence-electron chi connectivity index (χ2n) is 3.89. The molecular formula is C14H15NO4. The van der Waals surface area contributed by atoms with Crippen molar-refractivity contribution in [2.75, 3.05) is 6.61 Å². The highest BCUT2D eigenvalue weighted by Gasteiger charge is 2.16. The quantitative estimate of drug-likeness (QED) is 0.774. The van der Waals surface area contributed by atoms with Crippen LogP contribution >= 0.6 is 0 Å². The summed E-state index contributed by atoms with van der Waals surface area (Å²) in [6.45, 7) is 3.90. The van der Waals surface area contributed by atoms with Crippen molar-refractivity contribution < 1.29 is 18.7 Å². The van der Waals surface area contributed by atoms with Crippen molar-refractivity contribution in [3.8, 4) is 6.08 Å². The highest BCUT2D eigenvalue weighted by molar-refractivity contribution is 5.86. The van der Waals surface area contributed by atoms with Crippen LogP contribution in [0.4, 0.5) is 0 Å². The van der Waals surface area contributed by atoms with Crippen molar-refractivity contribution in [2.24, 2.45) is 0 Å².